The van der Waals surface area contributed by atoms with Crippen molar-refractivity contribution in [3.8, 4) is 0 Å². The van der Waals surface area contributed by atoms with Gasteiger partial charge in [-0.1, -0.05) is 18.7 Å². The molecule has 0 radical (unpaired) electrons. The topological polar surface area (TPSA) is 62.3 Å². The first kappa shape index (κ1) is 18.0. The first-order chi connectivity index (χ1) is 10.2. The van der Waals surface area contributed by atoms with Gasteiger partial charge in [0.15, 0.2) is 5.16 Å². The summed E-state index contributed by atoms with van der Waals surface area (Å²) in [4.78, 5) is 11.1. The van der Waals surface area contributed by atoms with Crippen LogP contribution < -0.4 is 10.6 Å². The molecule has 0 unspecified atom stereocenters. The van der Waals surface area contributed by atoms with Crippen LogP contribution in [0, 0.1) is 0 Å². The molecule has 21 heavy (non-hydrogen) atoms. The van der Waals surface area contributed by atoms with E-state index in [1.807, 2.05) is 12.3 Å². The number of hydrogen-bond acceptors (Lipinski definition) is 7. The molecule has 2 N–H and O–H groups in total. The number of nitrogens with one attached hydrogen (secondary N) is 2. The van der Waals surface area contributed by atoms with Crippen molar-refractivity contribution in [1.82, 2.24) is 14.9 Å². The third-order valence-electron chi connectivity index (χ3n) is 2.92. The molecule has 0 saturated heterocycles. The van der Waals surface area contributed by atoms with Crippen molar-refractivity contribution in [2.24, 2.45) is 0 Å². The minimum atomic E-state index is 0.756. The summed E-state index contributed by atoms with van der Waals surface area (Å²) in [5.74, 6) is 1.75. The van der Waals surface area contributed by atoms with Crippen molar-refractivity contribution in [2.45, 2.75) is 18.5 Å². The van der Waals surface area contributed by atoms with E-state index in [-0.39, 0.29) is 0 Å². The average molecular weight is 313 g/mol. The molecule has 0 amide bonds. The van der Waals surface area contributed by atoms with Gasteiger partial charge in [0, 0.05) is 39.4 Å². The average Bonchev–Trinajstić information content (AvgIpc) is 2.50. The van der Waals surface area contributed by atoms with Crippen LogP contribution in [0.5, 0.6) is 0 Å². The number of methoxy groups -OCH3 is 1. The number of ether oxygens (including phenoxy) is 1. The van der Waals surface area contributed by atoms with E-state index < -0.39 is 0 Å². The first-order valence-electron chi connectivity index (χ1n) is 7.27. The fourth-order valence-electron chi connectivity index (χ4n) is 1.68. The molecule has 6 nitrogen and oxygen atoms in total. The number of nitrogens with zero attached hydrogens (tertiary/aromatic N) is 3. The molecule has 7 heteroatoms. The Morgan fingerprint density at radius 2 is 1.86 bits per heavy atom. The van der Waals surface area contributed by atoms with Crippen LogP contribution in [-0.2, 0) is 4.74 Å². The lowest BCUT2D eigenvalue weighted by molar-refractivity contribution is 0.163. The zero-order valence-corrected chi connectivity index (χ0v) is 14.3. The lowest BCUT2D eigenvalue weighted by atomic mass is 10.4. The summed E-state index contributed by atoms with van der Waals surface area (Å²) < 4.78 is 5.07. The molecule has 0 saturated carbocycles. The van der Waals surface area contributed by atoms with E-state index in [4.69, 9.17) is 4.74 Å². The zero-order valence-electron chi connectivity index (χ0n) is 13.5. The second-order valence-electron chi connectivity index (χ2n) is 4.77. The molecule has 0 spiro atoms. The Bertz CT molecular complexity index is 405. The van der Waals surface area contributed by atoms with Crippen molar-refractivity contribution < 1.29 is 4.74 Å². The standard InChI is InChI=1S/C14H27N5OS/c1-5-6-15-12-11-13(18-14(17-12)21-4)16-7-8-19(2)9-10-20-3/h11H,5-10H2,1-4H3,(H2,15,16,17,18). The first-order valence-corrected chi connectivity index (χ1v) is 8.50. The van der Waals surface area contributed by atoms with Crippen LogP contribution in [-0.4, -0.2) is 68.1 Å². The molecule has 0 bridgehead atoms. The van der Waals surface area contributed by atoms with Gasteiger partial charge in [0.1, 0.15) is 11.6 Å². The van der Waals surface area contributed by atoms with Crippen LogP contribution in [0.25, 0.3) is 0 Å². The second-order valence-corrected chi connectivity index (χ2v) is 5.55. The highest BCUT2D eigenvalue weighted by molar-refractivity contribution is 7.98. The van der Waals surface area contributed by atoms with Crippen LogP contribution >= 0.6 is 11.8 Å². The van der Waals surface area contributed by atoms with Gasteiger partial charge in [-0.15, -0.1) is 0 Å². The quantitative estimate of drug-likeness (QED) is 0.478. The summed E-state index contributed by atoms with van der Waals surface area (Å²) in [7, 11) is 3.81. The number of aromatic nitrogens is 2. The van der Waals surface area contributed by atoms with Crippen LogP contribution in [0.1, 0.15) is 13.3 Å². The summed E-state index contributed by atoms with van der Waals surface area (Å²) in [6.07, 6.45) is 3.06. The summed E-state index contributed by atoms with van der Waals surface area (Å²) in [6.45, 7) is 6.54. The van der Waals surface area contributed by atoms with E-state index in [0.717, 1.165) is 56.0 Å². The number of rotatable bonds is 11. The van der Waals surface area contributed by atoms with Crippen molar-refractivity contribution in [1.29, 1.82) is 0 Å². The van der Waals surface area contributed by atoms with Gasteiger partial charge in [0.05, 0.1) is 6.61 Å². The third-order valence-corrected chi connectivity index (χ3v) is 3.47. The molecule has 0 aliphatic heterocycles. The Morgan fingerprint density at radius 3 is 2.43 bits per heavy atom. The van der Waals surface area contributed by atoms with Crippen molar-refractivity contribution in [3.05, 3.63) is 6.07 Å². The van der Waals surface area contributed by atoms with Crippen molar-refractivity contribution >= 4 is 23.4 Å². The molecule has 0 aliphatic rings. The van der Waals surface area contributed by atoms with Gasteiger partial charge < -0.3 is 20.3 Å². The Hall–Kier alpha value is -1.05. The molecule has 1 aromatic rings. The number of anilines is 2. The Morgan fingerprint density at radius 1 is 1.19 bits per heavy atom. The summed E-state index contributed by atoms with van der Waals surface area (Å²) >= 11 is 1.55. The zero-order chi connectivity index (χ0) is 15.5. The number of likely N-dealkylation sites (N-methyl/N-ethyl adjacent to an activating group) is 1. The van der Waals surface area contributed by atoms with E-state index >= 15 is 0 Å². The highest BCUT2D eigenvalue weighted by Gasteiger charge is 2.04. The molecule has 120 valence electrons. The predicted molar refractivity (Wildman–Crippen MR) is 90.5 cm³/mol. The van der Waals surface area contributed by atoms with Gasteiger partial charge >= 0.3 is 0 Å². The van der Waals surface area contributed by atoms with Gasteiger partial charge in [0.2, 0.25) is 0 Å². The van der Waals surface area contributed by atoms with Gasteiger partial charge in [-0.05, 0) is 19.7 Å². The summed E-state index contributed by atoms with van der Waals surface area (Å²) in [5.41, 5.74) is 0. The van der Waals surface area contributed by atoms with Gasteiger partial charge in [-0.3, -0.25) is 0 Å². The molecule has 1 rings (SSSR count). The van der Waals surface area contributed by atoms with E-state index in [2.05, 4.69) is 39.5 Å². The smallest absolute Gasteiger partial charge is 0.191 e. The van der Waals surface area contributed by atoms with Crippen molar-refractivity contribution in [3.63, 3.8) is 0 Å². The molecule has 0 aliphatic carbocycles. The minimum absolute atomic E-state index is 0.756. The monoisotopic (exact) mass is 313 g/mol. The Labute approximate surface area is 132 Å². The fourth-order valence-corrected chi connectivity index (χ4v) is 2.06. The van der Waals surface area contributed by atoms with Crippen LogP contribution in [0.15, 0.2) is 11.2 Å². The highest BCUT2D eigenvalue weighted by atomic mass is 32.2. The lowest BCUT2D eigenvalue weighted by Crippen LogP contribution is -2.28. The van der Waals surface area contributed by atoms with Crippen molar-refractivity contribution in [2.75, 3.05) is 63.8 Å². The summed E-state index contributed by atoms with van der Waals surface area (Å²) in [5, 5.41) is 7.45. The van der Waals surface area contributed by atoms with Crippen LogP contribution in [0.3, 0.4) is 0 Å². The molecule has 1 heterocycles. The Balaban J connectivity index is 2.49. The fraction of sp³-hybridized carbons (Fsp3) is 0.714. The highest BCUT2D eigenvalue weighted by Crippen LogP contribution is 2.17. The third kappa shape index (κ3) is 7.50. The molecule has 0 fully saturated rings. The van der Waals surface area contributed by atoms with Crippen LogP contribution in [0.2, 0.25) is 0 Å². The van der Waals surface area contributed by atoms with Gasteiger partial charge in [-0.2, -0.15) is 0 Å². The minimum Gasteiger partial charge on any atom is -0.383 e. The van der Waals surface area contributed by atoms with E-state index in [1.165, 1.54) is 0 Å². The number of hydrogen-bond donors (Lipinski definition) is 2. The molecule has 0 aromatic carbocycles. The summed E-state index contributed by atoms with van der Waals surface area (Å²) in [6, 6.07) is 1.96. The van der Waals surface area contributed by atoms with E-state index in [1.54, 1.807) is 18.9 Å². The largest absolute Gasteiger partial charge is 0.383 e. The number of thioether (sulfide) groups is 1. The lowest BCUT2D eigenvalue weighted by Gasteiger charge is -2.16. The normalized spacial score (nSPS) is 10.9. The van der Waals surface area contributed by atoms with Gasteiger partial charge in [0.25, 0.3) is 0 Å². The van der Waals surface area contributed by atoms with Gasteiger partial charge in [-0.25, -0.2) is 9.97 Å². The van der Waals surface area contributed by atoms with E-state index in [0.29, 0.717) is 0 Å². The maximum Gasteiger partial charge on any atom is 0.191 e. The predicted octanol–water partition coefficient (Wildman–Crippen LogP) is 2.01. The Kier molecular flexibility index (Phi) is 9.12. The second kappa shape index (κ2) is 10.6. The molecular formula is C14H27N5OS. The molecule has 0 atom stereocenters. The molecule has 1 aromatic heterocycles. The van der Waals surface area contributed by atoms with Crippen LogP contribution in [0.4, 0.5) is 11.6 Å². The SMILES string of the molecule is CCCNc1cc(NCCN(C)CCOC)nc(SC)n1. The molecular weight excluding hydrogens is 286 g/mol. The van der Waals surface area contributed by atoms with E-state index in [9.17, 15) is 0 Å². The maximum absolute atomic E-state index is 5.07. The maximum atomic E-state index is 5.07.